The van der Waals surface area contributed by atoms with Gasteiger partial charge in [0.05, 0.1) is 5.69 Å². The second-order valence-corrected chi connectivity index (χ2v) is 4.55. The molecule has 0 aliphatic heterocycles. The lowest BCUT2D eigenvalue weighted by Crippen LogP contribution is -2.01. The predicted molar refractivity (Wildman–Crippen MR) is 82.8 cm³/mol. The van der Waals surface area contributed by atoms with Crippen molar-refractivity contribution in [3.05, 3.63) is 30.0 Å². The Hall–Kier alpha value is -2.01. The molecule has 0 saturated carbocycles. The lowest BCUT2D eigenvalue weighted by atomic mass is 10.1. The van der Waals surface area contributed by atoms with E-state index in [0.29, 0.717) is 6.54 Å². The average Bonchev–Trinajstić information content (AvgIpc) is 2.84. The van der Waals surface area contributed by atoms with Crippen molar-refractivity contribution in [2.45, 2.75) is 40.2 Å². The molecule has 0 radical (unpaired) electrons. The molecule has 0 unspecified atom stereocenters. The van der Waals surface area contributed by atoms with Gasteiger partial charge in [-0.05, 0) is 25.8 Å². The number of hydrogen-bond acceptors (Lipinski definition) is 4. The van der Waals surface area contributed by atoms with Gasteiger partial charge in [-0.15, -0.1) is 0 Å². The van der Waals surface area contributed by atoms with Crippen LogP contribution in [0.1, 0.15) is 45.1 Å². The SMILES string of the molecule is C/C=C/n1c(/C(=C/C)CCC)nc2c(CN)ncnc21. The molecule has 0 bridgehead atoms. The molecule has 2 N–H and O–H groups in total. The van der Waals surface area contributed by atoms with Crippen LogP contribution in [0.4, 0.5) is 0 Å². The lowest BCUT2D eigenvalue weighted by molar-refractivity contribution is 0.945. The lowest BCUT2D eigenvalue weighted by Gasteiger charge is -2.06. The molecule has 0 spiro atoms. The van der Waals surface area contributed by atoms with Gasteiger partial charge in [0, 0.05) is 12.7 Å². The zero-order valence-corrected chi connectivity index (χ0v) is 12.3. The van der Waals surface area contributed by atoms with Crippen LogP contribution in [0.2, 0.25) is 0 Å². The van der Waals surface area contributed by atoms with Gasteiger partial charge in [-0.2, -0.15) is 0 Å². The first kappa shape index (κ1) is 14.4. The van der Waals surface area contributed by atoms with Gasteiger partial charge in [-0.1, -0.05) is 25.5 Å². The highest BCUT2D eigenvalue weighted by Gasteiger charge is 2.15. The fourth-order valence-electron chi connectivity index (χ4n) is 2.28. The van der Waals surface area contributed by atoms with Crippen LogP contribution in [0.25, 0.3) is 22.9 Å². The Balaban J connectivity index is 2.73. The number of aromatic nitrogens is 4. The number of rotatable bonds is 5. The molecule has 2 heterocycles. The molecule has 0 atom stereocenters. The third-order valence-corrected chi connectivity index (χ3v) is 3.20. The van der Waals surface area contributed by atoms with Gasteiger partial charge in [-0.3, -0.25) is 4.57 Å². The molecular weight excluding hydrogens is 250 g/mol. The zero-order chi connectivity index (χ0) is 14.5. The molecule has 0 aliphatic rings. The second kappa shape index (κ2) is 6.43. The Kier molecular flexibility index (Phi) is 4.63. The van der Waals surface area contributed by atoms with Crippen molar-refractivity contribution >= 4 is 22.9 Å². The number of nitrogens with zero attached hydrogens (tertiary/aromatic N) is 4. The molecule has 20 heavy (non-hydrogen) atoms. The van der Waals surface area contributed by atoms with Crippen LogP contribution >= 0.6 is 0 Å². The third-order valence-electron chi connectivity index (χ3n) is 3.20. The summed E-state index contributed by atoms with van der Waals surface area (Å²) < 4.78 is 2.02. The van der Waals surface area contributed by atoms with Crippen molar-refractivity contribution in [2.75, 3.05) is 0 Å². The second-order valence-electron chi connectivity index (χ2n) is 4.55. The largest absolute Gasteiger partial charge is 0.325 e. The fraction of sp³-hybridized carbons (Fsp3) is 0.400. The number of hydrogen-bond donors (Lipinski definition) is 1. The average molecular weight is 271 g/mol. The van der Waals surface area contributed by atoms with Crippen LogP contribution in [-0.4, -0.2) is 19.5 Å². The van der Waals surface area contributed by atoms with E-state index in [-0.39, 0.29) is 0 Å². The molecule has 0 aromatic carbocycles. The highest BCUT2D eigenvalue weighted by Crippen LogP contribution is 2.25. The minimum absolute atomic E-state index is 0.365. The molecule has 5 nitrogen and oxygen atoms in total. The summed E-state index contributed by atoms with van der Waals surface area (Å²) in [5.74, 6) is 0.928. The highest BCUT2D eigenvalue weighted by molar-refractivity contribution is 5.80. The van der Waals surface area contributed by atoms with Gasteiger partial charge in [0.25, 0.3) is 0 Å². The molecule has 5 heteroatoms. The molecule has 0 amide bonds. The van der Waals surface area contributed by atoms with Crippen LogP contribution in [0.5, 0.6) is 0 Å². The Morgan fingerprint density at radius 1 is 1.35 bits per heavy atom. The Bertz CT molecular complexity index is 652. The number of fused-ring (bicyclic) bond motifs is 1. The van der Waals surface area contributed by atoms with Crippen molar-refractivity contribution in [1.82, 2.24) is 19.5 Å². The van der Waals surface area contributed by atoms with E-state index >= 15 is 0 Å². The van der Waals surface area contributed by atoms with Crippen molar-refractivity contribution < 1.29 is 0 Å². The predicted octanol–water partition coefficient (Wildman–Crippen LogP) is 2.98. The fourth-order valence-corrected chi connectivity index (χ4v) is 2.28. The van der Waals surface area contributed by atoms with Crippen LogP contribution in [0.15, 0.2) is 18.5 Å². The van der Waals surface area contributed by atoms with E-state index in [1.165, 1.54) is 5.57 Å². The molecular formula is C15H21N5. The maximum Gasteiger partial charge on any atom is 0.168 e. The minimum atomic E-state index is 0.365. The van der Waals surface area contributed by atoms with Crippen molar-refractivity contribution in [2.24, 2.45) is 5.73 Å². The Morgan fingerprint density at radius 3 is 2.75 bits per heavy atom. The van der Waals surface area contributed by atoms with Crippen LogP contribution in [0.3, 0.4) is 0 Å². The normalized spacial score (nSPS) is 12.7. The maximum atomic E-state index is 5.74. The summed E-state index contributed by atoms with van der Waals surface area (Å²) in [6, 6.07) is 0. The van der Waals surface area contributed by atoms with Crippen LogP contribution in [-0.2, 0) is 6.54 Å². The van der Waals surface area contributed by atoms with E-state index in [2.05, 4.69) is 23.0 Å². The number of nitrogens with two attached hydrogens (primary N) is 1. The van der Waals surface area contributed by atoms with Gasteiger partial charge in [-0.25, -0.2) is 15.0 Å². The summed E-state index contributed by atoms with van der Waals surface area (Å²) in [5.41, 5.74) is 9.34. The summed E-state index contributed by atoms with van der Waals surface area (Å²) in [4.78, 5) is 13.3. The Labute approximate surface area is 119 Å². The summed E-state index contributed by atoms with van der Waals surface area (Å²) in [5, 5.41) is 0. The van der Waals surface area contributed by atoms with E-state index in [1.807, 2.05) is 30.7 Å². The summed E-state index contributed by atoms with van der Waals surface area (Å²) in [6.45, 7) is 6.55. The highest BCUT2D eigenvalue weighted by atomic mass is 15.1. The van der Waals surface area contributed by atoms with Crippen LogP contribution < -0.4 is 5.73 Å². The van der Waals surface area contributed by atoms with E-state index in [0.717, 1.165) is 35.5 Å². The maximum absolute atomic E-state index is 5.74. The number of imidazole rings is 1. The Morgan fingerprint density at radius 2 is 2.15 bits per heavy atom. The number of allylic oxidation sites excluding steroid dienone is 3. The van der Waals surface area contributed by atoms with E-state index < -0.39 is 0 Å². The summed E-state index contributed by atoms with van der Waals surface area (Å²) in [7, 11) is 0. The quantitative estimate of drug-likeness (QED) is 0.907. The first-order chi connectivity index (χ1) is 9.76. The zero-order valence-electron chi connectivity index (χ0n) is 12.3. The van der Waals surface area contributed by atoms with Gasteiger partial charge < -0.3 is 5.73 Å². The topological polar surface area (TPSA) is 69.6 Å². The summed E-state index contributed by atoms with van der Waals surface area (Å²) in [6.07, 6.45) is 9.69. The van der Waals surface area contributed by atoms with Gasteiger partial charge in [0.1, 0.15) is 17.7 Å². The summed E-state index contributed by atoms with van der Waals surface area (Å²) >= 11 is 0. The first-order valence-electron chi connectivity index (χ1n) is 6.97. The standard InChI is InChI=1S/C15H21N5/c1-4-7-11(6-3)14-19-13-12(9-16)17-10-18-15(13)20(14)8-5-2/h5-6,8,10H,4,7,9,16H2,1-3H3/b8-5+,11-6+. The van der Waals surface area contributed by atoms with Gasteiger partial charge in [0.2, 0.25) is 0 Å². The smallest absolute Gasteiger partial charge is 0.168 e. The molecule has 0 saturated heterocycles. The van der Waals surface area contributed by atoms with Crippen molar-refractivity contribution in [3.8, 4) is 0 Å². The first-order valence-corrected chi connectivity index (χ1v) is 6.97. The van der Waals surface area contributed by atoms with Crippen LogP contribution in [0, 0.1) is 0 Å². The van der Waals surface area contributed by atoms with Gasteiger partial charge in [0.15, 0.2) is 5.65 Å². The van der Waals surface area contributed by atoms with E-state index in [9.17, 15) is 0 Å². The molecule has 2 aromatic rings. The van der Waals surface area contributed by atoms with E-state index in [1.54, 1.807) is 6.33 Å². The van der Waals surface area contributed by atoms with Gasteiger partial charge >= 0.3 is 0 Å². The monoisotopic (exact) mass is 271 g/mol. The molecule has 0 fully saturated rings. The van der Waals surface area contributed by atoms with E-state index in [4.69, 9.17) is 10.7 Å². The molecule has 0 aliphatic carbocycles. The van der Waals surface area contributed by atoms with Crippen molar-refractivity contribution in [1.29, 1.82) is 0 Å². The van der Waals surface area contributed by atoms with Crippen molar-refractivity contribution in [3.63, 3.8) is 0 Å². The molecule has 106 valence electrons. The molecule has 2 rings (SSSR count). The minimum Gasteiger partial charge on any atom is -0.325 e. The molecule has 2 aromatic heterocycles. The third kappa shape index (κ3) is 2.49.